The minimum Gasteiger partial charge on any atom is -0.497 e. The number of rotatable bonds is 7. The van der Waals surface area contributed by atoms with Crippen LogP contribution in [0.2, 0.25) is 0 Å². The van der Waals surface area contributed by atoms with Crippen LogP contribution in [0.25, 0.3) is 0 Å². The molecule has 3 nitrogen and oxygen atoms in total. The Labute approximate surface area is 131 Å². The molecule has 4 heteroatoms. The first kappa shape index (κ1) is 16.2. The van der Waals surface area contributed by atoms with Gasteiger partial charge in [-0.25, -0.2) is 0 Å². The predicted molar refractivity (Wildman–Crippen MR) is 84.0 cm³/mol. The van der Waals surface area contributed by atoms with Gasteiger partial charge in [0.2, 0.25) is 0 Å². The molecule has 1 fully saturated rings. The zero-order chi connectivity index (χ0) is 15.2. The molecule has 1 aliphatic rings. The molecule has 0 saturated carbocycles. The Hall–Kier alpha value is -1.22. The zero-order valence-electron chi connectivity index (χ0n) is 12.7. The summed E-state index contributed by atoms with van der Waals surface area (Å²) in [6.07, 6.45) is 4.21. The number of halogens is 1. The van der Waals surface area contributed by atoms with Crippen molar-refractivity contribution < 1.29 is 14.3 Å². The number of benzene rings is 1. The van der Waals surface area contributed by atoms with Crippen molar-refractivity contribution >= 4 is 17.6 Å². The summed E-state index contributed by atoms with van der Waals surface area (Å²) in [4.78, 5) is 12.0. The summed E-state index contributed by atoms with van der Waals surface area (Å²) in [6.45, 7) is 2.17. The van der Waals surface area contributed by atoms with Gasteiger partial charge in [0.15, 0.2) is 0 Å². The largest absolute Gasteiger partial charge is 0.497 e. The Kier molecular flexibility index (Phi) is 5.92. The minimum atomic E-state index is -0.259. The fraction of sp³-hybridized carbons (Fsp3) is 0.588. The monoisotopic (exact) mass is 310 g/mol. The summed E-state index contributed by atoms with van der Waals surface area (Å²) in [5, 5.41) is 0. The standard InChI is InChI=1S/C17H23ClO3/c1-3-4-5-9-15-16(14(11-18)17(19)21-15)12-7-6-8-13(10-12)20-2/h6-8,10,14-16H,3-5,9,11H2,1-2H3/t14?,15-,16+/m1/s1. The fourth-order valence-corrected chi connectivity index (χ4v) is 3.32. The molecule has 1 aliphatic heterocycles. The second-order valence-corrected chi connectivity index (χ2v) is 5.84. The molecular formula is C17H23ClO3. The van der Waals surface area contributed by atoms with E-state index in [4.69, 9.17) is 21.1 Å². The quantitative estimate of drug-likeness (QED) is 0.431. The van der Waals surface area contributed by atoms with E-state index in [1.54, 1.807) is 7.11 Å². The van der Waals surface area contributed by atoms with Crippen molar-refractivity contribution in [3.05, 3.63) is 29.8 Å². The maximum absolute atomic E-state index is 12.0. The summed E-state index contributed by atoms with van der Waals surface area (Å²) < 4.78 is 10.9. The molecule has 1 saturated heterocycles. The van der Waals surface area contributed by atoms with Crippen LogP contribution in [0.1, 0.15) is 44.1 Å². The fourth-order valence-electron chi connectivity index (χ4n) is 3.00. The molecule has 0 spiro atoms. The van der Waals surface area contributed by atoms with Gasteiger partial charge in [0.1, 0.15) is 11.9 Å². The predicted octanol–water partition coefficient (Wildman–Crippen LogP) is 4.14. The summed E-state index contributed by atoms with van der Waals surface area (Å²) in [5.41, 5.74) is 1.08. The molecule has 21 heavy (non-hydrogen) atoms. The average Bonchev–Trinajstić information content (AvgIpc) is 2.83. The molecule has 1 heterocycles. The topological polar surface area (TPSA) is 35.5 Å². The van der Waals surface area contributed by atoms with Gasteiger partial charge in [-0.3, -0.25) is 4.79 Å². The molecule has 1 unspecified atom stereocenters. The lowest BCUT2D eigenvalue weighted by Gasteiger charge is -2.21. The molecule has 0 N–H and O–H groups in total. The van der Waals surface area contributed by atoms with E-state index in [1.165, 1.54) is 0 Å². The lowest BCUT2D eigenvalue weighted by atomic mass is 9.83. The third-order valence-corrected chi connectivity index (χ3v) is 4.47. The Morgan fingerprint density at radius 1 is 1.33 bits per heavy atom. The number of alkyl halides is 1. The molecule has 0 aliphatic carbocycles. The molecule has 1 aromatic carbocycles. The highest BCUT2D eigenvalue weighted by Crippen LogP contribution is 2.40. The lowest BCUT2D eigenvalue weighted by molar-refractivity contribution is -0.144. The van der Waals surface area contributed by atoms with Crippen LogP contribution in [-0.2, 0) is 9.53 Å². The molecule has 1 aromatic rings. The van der Waals surface area contributed by atoms with Crippen LogP contribution in [-0.4, -0.2) is 25.1 Å². The van der Waals surface area contributed by atoms with Crippen molar-refractivity contribution in [2.45, 2.75) is 44.6 Å². The van der Waals surface area contributed by atoms with Gasteiger partial charge in [0.05, 0.1) is 13.0 Å². The van der Waals surface area contributed by atoms with E-state index in [1.807, 2.05) is 24.3 Å². The van der Waals surface area contributed by atoms with E-state index in [-0.39, 0.29) is 23.9 Å². The molecule has 3 atom stereocenters. The summed E-state index contributed by atoms with van der Waals surface area (Å²) in [5.74, 6) is 0.699. The van der Waals surface area contributed by atoms with Crippen LogP contribution < -0.4 is 4.74 Å². The number of unbranched alkanes of at least 4 members (excludes halogenated alkanes) is 2. The van der Waals surface area contributed by atoms with Gasteiger partial charge < -0.3 is 9.47 Å². The number of esters is 1. The first-order valence-electron chi connectivity index (χ1n) is 7.61. The smallest absolute Gasteiger partial charge is 0.311 e. The van der Waals surface area contributed by atoms with Crippen molar-refractivity contribution in [1.82, 2.24) is 0 Å². The van der Waals surface area contributed by atoms with E-state index in [9.17, 15) is 4.79 Å². The SMILES string of the molecule is CCCCC[C@H]1OC(=O)C(CCl)[C@@H]1c1cccc(OC)c1. The van der Waals surface area contributed by atoms with Gasteiger partial charge in [0, 0.05) is 11.8 Å². The zero-order valence-corrected chi connectivity index (χ0v) is 13.4. The third-order valence-electron chi connectivity index (χ3n) is 4.14. The summed E-state index contributed by atoms with van der Waals surface area (Å²) in [7, 11) is 1.65. The number of ether oxygens (including phenoxy) is 2. The maximum atomic E-state index is 12.0. The Bertz CT molecular complexity index is 475. The number of carbonyl (C=O) groups is 1. The molecule has 2 rings (SSSR count). The van der Waals surface area contributed by atoms with Crippen molar-refractivity contribution in [2.24, 2.45) is 5.92 Å². The van der Waals surface area contributed by atoms with Crippen LogP contribution in [0.4, 0.5) is 0 Å². The number of carbonyl (C=O) groups excluding carboxylic acids is 1. The highest BCUT2D eigenvalue weighted by molar-refractivity contribution is 6.19. The van der Waals surface area contributed by atoms with Crippen molar-refractivity contribution in [3.8, 4) is 5.75 Å². The van der Waals surface area contributed by atoms with Crippen LogP contribution in [0.3, 0.4) is 0 Å². The van der Waals surface area contributed by atoms with Crippen LogP contribution in [0.15, 0.2) is 24.3 Å². The Balaban J connectivity index is 2.22. The molecule has 0 radical (unpaired) electrons. The van der Waals surface area contributed by atoms with Gasteiger partial charge in [-0.1, -0.05) is 31.9 Å². The van der Waals surface area contributed by atoms with Crippen molar-refractivity contribution in [2.75, 3.05) is 13.0 Å². The average molecular weight is 311 g/mol. The Morgan fingerprint density at radius 3 is 2.81 bits per heavy atom. The minimum absolute atomic E-state index is 0.0296. The molecular weight excluding hydrogens is 288 g/mol. The third kappa shape index (κ3) is 3.70. The first-order valence-corrected chi connectivity index (χ1v) is 8.15. The number of hydrogen-bond acceptors (Lipinski definition) is 3. The van der Waals surface area contributed by atoms with Gasteiger partial charge >= 0.3 is 5.97 Å². The van der Waals surface area contributed by atoms with Gasteiger partial charge in [-0.2, -0.15) is 0 Å². The van der Waals surface area contributed by atoms with Gasteiger partial charge in [-0.05, 0) is 30.5 Å². The van der Waals surface area contributed by atoms with E-state index in [2.05, 4.69) is 6.92 Å². The van der Waals surface area contributed by atoms with Gasteiger partial charge in [0.25, 0.3) is 0 Å². The molecule has 0 bridgehead atoms. The van der Waals surface area contributed by atoms with Crippen molar-refractivity contribution in [1.29, 1.82) is 0 Å². The highest BCUT2D eigenvalue weighted by atomic mass is 35.5. The van der Waals surface area contributed by atoms with Crippen LogP contribution in [0.5, 0.6) is 5.75 Å². The lowest BCUT2D eigenvalue weighted by Crippen LogP contribution is -2.20. The first-order chi connectivity index (χ1) is 10.2. The Morgan fingerprint density at radius 2 is 2.14 bits per heavy atom. The normalized spacial score (nSPS) is 24.9. The second-order valence-electron chi connectivity index (χ2n) is 5.53. The van der Waals surface area contributed by atoms with Gasteiger partial charge in [-0.15, -0.1) is 11.6 Å². The maximum Gasteiger partial charge on any atom is 0.311 e. The van der Waals surface area contributed by atoms with E-state index < -0.39 is 0 Å². The van der Waals surface area contributed by atoms with Crippen LogP contribution in [0, 0.1) is 5.92 Å². The van der Waals surface area contributed by atoms with Crippen molar-refractivity contribution in [3.63, 3.8) is 0 Å². The summed E-state index contributed by atoms with van der Waals surface area (Å²) >= 11 is 6.02. The summed E-state index contributed by atoms with van der Waals surface area (Å²) in [6, 6.07) is 7.87. The highest BCUT2D eigenvalue weighted by Gasteiger charge is 2.44. The second kappa shape index (κ2) is 7.69. The van der Waals surface area contributed by atoms with E-state index in [0.29, 0.717) is 5.88 Å². The number of methoxy groups -OCH3 is 1. The molecule has 116 valence electrons. The molecule has 0 aromatic heterocycles. The van der Waals surface area contributed by atoms with Crippen LogP contribution >= 0.6 is 11.6 Å². The van der Waals surface area contributed by atoms with E-state index >= 15 is 0 Å². The number of hydrogen-bond donors (Lipinski definition) is 0. The molecule has 0 amide bonds. The van der Waals surface area contributed by atoms with E-state index in [0.717, 1.165) is 37.0 Å². The number of cyclic esters (lactones) is 1.